The topological polar surface area (TPSA) is 66.5 Å². The van der Waals surface area contributed by atoms with Crippen LogP contribution in [0.15, 0.2) is 119 Å². The van der Waals surface area contributed by atoms with E-state index in [9.17, 15) is 13.2 Å². The Morgan fingerprint density at radius 1 is 0.829 bits per heavy atom. The van der Waals surface area contributed by atoms with Crippen LogP contribution in [0.25, 0.3) is 0 Å². The van der Waals surface area contributed by atoms with Gasteiger partial charge in [-0.2, -0.15) is 0 Å². The maximum Gasteiger partial charge on any atom is 0.264 e. The van der Waals surface area contributed by atoms with Gasteiger partial charge in [-0.3, -0.25) is 9.10 Å². The lowest BCUT2D eigenvalue weighted by atomic mass is 10.2. The summed E-state index contributed by atoms with van der Waals surface area (Å²) in [6.45, 7) is -0.400. The molecule has 178 valence electrons. The highest BCUT2D eigenvalue weighted by Gasteiger charge is 2.27. The Balaban J connectivity index is 1.47. The van der Waals surface area contributed by atoms with Gasteiger partial charge in [0.2, 0.25) is 5.91 Å². The number of nitrogens with zero attached hydrogens (tertiary/aromatic N) is 1. The Bertz CT molecular complexity index is 1380. The number of hydrogen-bond acceptors (Lipinski definition) is 4. The van der Waals surface area contributed by atoms with Gasteiger partial charge in [0.25, 0.3) is 10.0 Å². The van der Waals surface area contributed by atoms with Crippen LogP contribution in [0.3, 0.4) is 0 Å². The highest BCUT2D eigenvalue weighted by molar-refractivity contribution is 7.98. The molecule has 0 unspecified atom stereocenters. The molecule has 0 fully saturated rings. The number of rotatable bonds is 9. The number of carbonyl (C=O) groups is 1. The number of thioether (sulfide) groups is 1. The lowest BCUT2D eigenvalue weighted by Gasteiger charge is -2.24. The monoisotopic (exact) mass is 522 g/mol. The van der Waals surface area contributed by atoms with Crippen molar-refractivity contribution in [2.24, 2.45) is 0 Å². The van der Waals surface area contributed by atoms with E-state index in [1.165, 1.54) is 23.1 Å². The molecular formula is C27H23ClN2O3S2. The SMILES string of the molecule is O=C(CN(c1cccc(Cl)c1)S(=O)(=O)c1ccccc1)Nc1ccc(CSc2ccccc2)cc1. The molecule has 1 amide bonds. The third-order valence-electron chi connectivity index (χ3n) is 5.10. The van der Waals surface area contributed by atoms with Crippen LogP contribution in [0.4, 0.5) is 11.4 Å². The fourth-order valence-corrected chi connectivity index (χ4v) is 5.86. The first kappa shape index (κ1) is 24.9. The smallest absolute Gasteiger partial charge is 0.264 e. The maximum atomic E-state index is 13.4. The summed E-state index contributed by atoms with van der Waals surface area (Å²) in [7, 11) is -3.99. The molecule has 0 radical (unpaired) electrons. The Kier molecular flexibility index (Phi) is 8.13. The first-order chi connectivity index (χ1) is 16.9. The van der Waals surface area contributed by atoms with Gasteiger partial charge in [-0.05, 0) is 60.2 Å². The van der Waals surface area contributed by atoms with Gasteiger partial charge >= 0.3 is 0 Å². The molecule has 0 saturated carbocycles. The van der Waals surface area contributed by atoms with Crippen molar-refractivity contribution >= 4 is 50.7 Å². The summed E-state index contributed by atoms with van der Waals surface area (Å²) in [5.41, 5.74) is 2.01. The molecule has 0 aromatic heterocycles. The van der Waals surface area contributed by atoms with Crippen LogP contribution >= 0.6 is 23.4 Å². The molecule has 4 rings (SSSR count). The van der Waals surface area contributed by atoms with Gasteiger partial charge < -0.3 is 5.32 Å². The van der Waals surface area contributed by atoms with E-state index >= 15 is 0 Å². The van der Waals surface area contributed by atoms with E-state index in [0.717, 1.165) is 15.6 Å². The highest BCUT2D eigenvalue weighted by atomic mass is 35.5. The van der Waals surface area contributed by atoms with Crippen LogP contribution in [-0.4, -0.2) is 20.9 Å². The summed E-state index contributed by atoms with van der Waals surface area (Å²) in [4.78, 5) is 14.2. The van der Waals surface area contributed by atoms with Gasteiger partial charge in [0.1, 0.15) is 6.54 Å². The van der Waals surface area contributed by atoms with Crippen LogP contribution < -0.4 is 9.62 Å². The molecule has 4 aromatic carbocycles. The van der Waals surface area contributed by atoms with Crippen LogP contribution in [0.1, 0.15) is 5.56 Å². The zero-order valence-electron chi connectivity index (χ0n) is 18.7. The van der Waals surface area contributed by atoms with Crippen molar-refractivity contribution in [1.29, 1.82) is 0 Å². The van der Waals surface area contributed by atoms with E-state index in [1.807, 2.05) is 42.5 Å². The molecule has 0 saturated heterocycles. The predicted molar refractivity (Wildman–Crippen MR) is 144 cm³/mol. The molecule has 8 heteroatoms. The molecule has 0 aliphatic heterocycles. The van der Waals surface area contributed by atoms with Gasteiger partial charge in [-0.1, -0.05) is 66.2 Å². The van der Waals surface area contributed by atoms with Crippen LogP contribution in [0.2, 0.25) is 5.02 Å². The van der Waals surface area contributed by atoms with Gasteiger partial charge in [0, 0.05) is 21.4 Å². The first-order valence-electron chi connectivity index (χ1n) is 10.8. The summed E-state index contributed by atoms with van der Waals surface area (Å²) in [5, 5.41) is 3.17. The minimum Gasteiger partial charge on any atom is -0.325 e. The quantitative estimate of drug-likeness (QED) is 0.256. The number of hydrogen-bond donors (Lipinski definition) is 1. The highest BCUT2D eigenvalue weighted by Crippen LogP contribution is 2.27. The largest absolute Gasteiger partial charge is 0.325 e. The van der Waals surface area contributed by atoms with Crippen LogP contribution in [0, 0.1) is 0 Å². The van der Waals surface area contributed by atoms with Crippen molar-refractivity contribution < 1.29 is 13.2 Å². The predicted octanol–water partition coefficient (Wildman–Crippen LogP) is 6.47. The Morgan fingerprint density at radius 3 is 2.14 bits per heavy atom. The Hall–Kier alpha value is -3.26. The summed E-state index contributed by atoms with van der Waals surface area (Å²) < 4.78 is 27.8. The van der Waals surface area contributed by atoms with Crippen LogP contribution in [-0.2, 0) is 20.6 Å². The third-order valence-corrected chi connectivity index (χ3v) is 8.21. The molecule has 0 atom stereocenters. The minimum absolute atomic E-state index is 0.0908. The molecule has 0 spiro atoms. The maximum absolute atomic E-state index is 13.4. The first-order valence-corrected chi connectivity index (χ1v) is 13.6. The number of carbonyl (C=O) groups excluding carboxylic acids is 1. The van der Waals surface area contributed by atoms with Gasteiger partial charge in [-0.25, -0.2) is 8.42 Å². The zero-order valence-corrected chi connectivity index (χ0v) is 21.1. The summed E-state index contributed by atoms with van der Waals surface area (Å²) in [6, 6.07) is 32.1. The van der Waals surface area contributed by atoms with E-state index in [1.54, 1.807) is 48.2 Å². The number of halogens is 1. The molecule has 0 heterocycles. The van der Waals surface area contributed by atoms with Gasteiger partial charge in [0.05, 0.1) is 10.6 Å². The number of nitrogens with one attached hydrogen (secondary N) is 1. The Morgan fingerprint density at radius 2 is 1.49 bits per heavy atom. The summed E-state index contributed by atoms with van der Waals surface area (Å²) in [5.74, 6) is 0.340. The fraction of sp³-hybridized carbons (Fsp3) is 0.0741. The molecule has 35 heavy (non-hydrogen) atoms. The molecule has 0 aliphatic carbocycles. The number of amides is 1. The van der Waals surface area contributed by atoms with Crippen molar-refractivity contribution in [3.05, 3.63) is 120 Å². The molecule has 4 aromatic rings. The third kappa shape index (κ3) is 6.66. The van der Waals surface area contributed by atoms with Crippen LogP contribution in [0.5, 0.6) is 0 Å². The van der Waals surface area contributed by atoms with Gasteiger partial charge in [-0.15, -0.1) is 11.8 Å². The van der Waals surface area contributed by atoms with Crippen molar-refractivity contribution in [1.82, 2.24) is 0 Å². The second kappa shape index (κ2) is 11.4. The van der Waals surface area contributed by atoms with E-state index in [2.05, 4.69) is 17.4 Å². The normalized spacial score (nSPS) is 11.1. The second-order valence-electron chi connectivity index (χ2n) is 7.65. The number of benzene rings is 4. The Labute approximate surface area is 214 Å². The average molecular weight is 523 g/mol. The zero-order chi connectivity index (χ0) is 24.7. The van der Waals surface area contributed by atoms with E-state index in [0.29, 0.717) is 16.4 Å². The molecule has 1 N–H and O–H groups in total. The summed E-state index contributed by atoms with van der Waals surface area (Å²) >= 11 is 7.84. The molecule has 5 nitrogen and oxygen atoms in total. The molecule has 0 aliphatic rings. The van der Waals surface area contributed by atoms with Crippen molar-refractivity contribution in [2.75, 3.05) is 16.2 Å². The molecule has 0 bridgehead atoms. The van der Waals surface area contributed by atoms with Crippen molar-refractivity contribution in [3.63, 3.8) is 0 Å². The lowest BCUT2D eigenvalue weighted by molar-refractivity contribution is -0.114. The van der Waals surface area contributed by atoms with Gasteiger partial charge in [0.15, 0.2) is 0 Å². The minimum atomic E-state index is -3.99. The van der Waals surface area contributed by atoms with E-state index in [-0.39, 0.29) is 4.90 Å². The lowest BCUT2D eigenvalue weighted by Crippen LogP contribution is -2.38. The average Bonchev–Trinajstić information content (AvgIpc) is 2.88. The second-order valence-corrected chi connectivity index (χ2v) is 11.0. The van der Waals surface area contributed by atoms with Crippen molar-refractivity contribution in [3.8, 4) is 0 Å². The summed E-state index contributed by atoms with van der Waals surface area (Å²) in [6.07, 6.45) is 0. The standard InChI is InChI=1S/C27H23ClN2O3S2/c28-22-8-7-9-24(18-22)30(35(32,33)26-12-5-2-6-13-26)19-27(31)29-23-16-14-21(15-17-23)20-34-25-10-3-1-4-11-25/h1-18H,19-20H2,(H,29,31). The molecular weight excluding hydrogens is 500 g/mol. The fourth-order valence-electron chi connectivity index (χ4n) is 3.36. The van der Waals surface area contributed by atoms with Crippen molar-refractivity contribution in [2.45, 2.75) is 15.5 Å². The van der Waals surface area contributed by atoms with E-state index < -0.39 is 22.5 Å². The van der Waals surface area contributed by atoms with E-state index in [4.69, 9.17) is 11.6 Å². The number of sulfonamides is 1. The number of anilines is 2.